The second-order valence-corrected chi connectivity index (χ2v) is 15.1. The zero-order valence-corrected chi connectivity index (χ0v) is 21.9. The highest BCUT2D eigenvalue weighted by molar-refractivity contribution is 6.99. The molecule has 5 nitrogen and oxygen atoms in total. The third kappa shape index (κ3) is 6.46. The van der Waals surface area contributed by atoms with Gasteiger partial charge in [0, 0.05) is 19.6 Å². The normalized spacial score (nSPS) is 17.7. The predicted octanol–water partition coefficient (Wildman–Crippen LogP) is 4.64. The summed E-state index contributed by atoms with van der Waals surface area (Å²) in [6.45, 7) is 13.5. The molecule has 180 valence electrons. The Labute approximate surface area is 200 Å². The van der Waals surface area contributed by atoms with E-state index in [0.717, 1.165) is 19.4 Å². The average molecular weight is 470 g/mol. The van der Waals surface area contributed by atoms with Crippen LogP contribution in [0, 0.1) is 0 Å². The van der Waals surface area contributed by atoms with Crippen molar-refractivity contribution in [1.29, 1.82) is 0 Å². The molecule has 2 aromatic carbocycles. The summed E-state index contributed by atoms with van der Waals surface area (Å²) in [6.07, 6.45) is 1.30. The van der Waals surface area contributed by atoms with E-state index in [1.807, 2.05) is 32.9 Å². The predicted molar refractivity (Wildman–Crippen MR) is 136 cm³/mol. The van der Waals surface area contributed by atoms with Crippen molar-refractivity contribution in [2.75, 3.05) is 13.2 Å². The summed E-state index contributed by atoms with van der Waals surface area (Å²) in [4.78, 5) is 12.4. The second-order valence-electron chi connectivity index (χ2n) is 10.8. The lowest BCUT2D eigenvalue weighted by Gasteiger charge is -2.46. The van der Waals surface area contributed by atoms with Gasteiger partial charge in [-0.2, -0.15) is 0 Å². The van der Waals surface area contributed by atoms with E-state index in [-0.39, 0.29) is 17.2 Å². The number of hydrogen-bond acceptors (Lipinski definition) is 4. The Kier molecular flexibility index (Phi) is 8.03. The van der Waals surface area contributed by atoms with Crippen molar-refractivity contribution in [3.8, 4) is 0 Å². The zero-order valence-electron chi connectivity index (χ0n) is 20.9. The highest BCUT2D eigenvalue weighted by Gasteiger charge is 2.51. The Balaban J connectivity index is 1.97. The van der Waals surface area contributed by atoms with Gasteiger partial charge in [-0.05, 0) is 42.6 Å². The molecule has 0 bridgehead atoms. The molecular formula is C27H39NO4Si. The quantitative estimate of drug-likeness (QED) is 0.573. The zero-order chi connectivity index (χ0) is 24.1. The lowest BCUT2D eigenvalue weighted by Crippen LogP contribution is -2.68. The Morgan fingerprint density at radius 3 is 1.91 bits per heavy atom. The number of nitrogens with one attached hydrogen (secondary N) is 1. The standard InChI is InChI=1S/C27H39NO4Si/c1-26(2,3)31-25(29)28-20-22(19-21-17-18-30-21)32-33(27(4,5)6,23-13-9-7-10-14-23)24-15-11-8-12-16-24/h7-16,21-22H,17-20H2,1-6H3,(H,28,29). The van der Waals surface area contributed by atoms with Crippen molar-refractivity contribution in [2.24, 2.45) is 0 Å². The number of carbonyl (C=O) groups excluding carboxylic acids is 1. The van der Waals surface area contributed by atoms with Crippen molar-refractivity contribution in [3.63, 3.8) is 0 Å². The van der Waals surface area contributed by atoms with Gasteiger partial charge in [0.15, 0.2) is 0 Å². The van der Waals surface area contributed by atoms with Crippen LogP contribution < -0.4 is 15.7 Å². The molecule has 2 atom stereocenters. The molecule has 1 aliphatic rings. The van der Waals surface area contributed by atoms with Crippen molar-refractivity contribution in [3.05, 3.63) is 60.7 Å². The molecule has 1 amide bonds. The van der Waals surface area contributed by atoms with Gasteiger partial charge in [-0.15, -0.1) is 0 Å². The molecule has 2 unspecified atom stereocenters. The molecular weight excluding hydrogens is 430 g/mol. The maximum absolute atomic E-state index is 12.4. The van der Waals surface area contributed by atoms with Crippen LogP contribution in [0.2, 0.25) is 5.04 Å². The monoisotopic (exact) mass is 469 g/mol. The molecule has 0 aromatic heterocycles. The van der Waals surface area contributed by atoms with Gasteiger partial charge < -0.3 is 19.2 Å². The molecule has 0 spiro atoms. The molecule has 1 heterocycles. The number of ether oxygens (including phenoxy) is 2. The van der Waals surface area contributed by atoms with Crippen LogP contribution in [0.15, 0.2) is 60.7 Å². The first-order valence-electron chi connectivity index (χ1n) is 11.9. The van der Waals surface area contributed by atoms with E-state index in [2.05, 4.69) is 74.6 Å². The van der Waals surface area contributed by atoms with Gasteiger partial charge in [0.25, 0.3) is 8.32 Å². The number of rotatable bonds is 8. The van der Waals surface area contributed by atoms with Crippen LogP contribution in [-0.2, 0) is 13.9 Å². The Hall–Kier alpha value is -2.15. The summed E-state index contributed by atoms with van der Waals surface area (Å²) in [6, 6.07) is 21.1. The minimum absolute atomic E-state index is 0.139. The summed E-state index contributed by atoms with van der Waals surface area (Å²) in [7, 11) is -2.73. The highest BCUT2D eigenvalue weighted by Crippen LogP contribution is 2.38. The largest absolute Gasteiger partial charge is 0.444 e. The van der Waals surface area contributed by atoms with Crippen molar-refractivity contribution >= 4 is 24.8 Å². The number of amides is 1. The summed E-state index contributed by atoms with van der Waals surface area (Å²) in [5, 5.41) is 5.26. The highest BCUT2D eigenvalue weighted by atomic mass is 28.4. The van der Waals surface area contributed by atoms with Crippen LogP contribution in [0.4, 0.5) is 4.79 Å². The van der Waals surface area contributed by atoms with Gasteiger partial charge in [-0.1, -0.05) is 81.4 Å². The summed E-state index contributed by atoms with van der Waals surface area (Å²) >= 11 is 0. The summed E-state index contributed by atoms with van der Waals surface area (Å²) < 4.78 is 18.5. The van der Waals surface area contributed by atoms with Crippen LogP contribution in [0.1, 0.15) is 54.4 Å². The SMILES string of the molecule is CC(C)(C)OC(=O)NCC(CC1CCO1)O[Si](c1ccccc1)(c1ccccc1)C(C)(C)C. The number of alkyl carbamates (subject to hydrolysis) is 1. The van der Waals surface area contributed by atoms with Crippen LogP contribution in [0.25, 0.3) is 0 Å². The van der Waals surface area contributed by atoms with Gasteiger partial charge in [-0.25, -0.2) is 4.79 Å². The first-order chi connectivity index (χ1) is 15.5. The van der Waals surface area contributed by atoms with E-state index in [0.29, 0.717) is 6.54 Å². The van der Waals surface area contributed by atoms with Gasteiger partial charge in [0.05, 0.1) is 12.2 Å². The molecule has 33 heavy (non-hydrogen) atoms. The Morgan fingerprint density at radius 1 is 1.00 bits per heavy atom. The van der Waals surface area contributed by atoms with E-state index in [1.165, 1.54) is 10.4 Å². The van der Waals surface area contributed by atoms with Crippen LogP contribution in [0.3, 0.4) is 0 Å². The van der Waals surface area contributed by atoms with E-state index >= 15 is 0 Å². The summed E-state index contributed by atoms with van der Waals surface area (Å²) in [5.74, 6) is 0. The van der Waals surface area contributed by atoms with Crippen molar-refractivity contribution < 1.29 is 18.7 Å². The average Bonchev–Trinajstić information content (AvgIpc) is 2.71. The molecule has 1 saturated heterocycles. The first kappa shape index (κ1) is 25.5. The minimum Gasteiger partial charge on any atom is -0.444 e. The maximum atomic E-state index is 12.4. The molecule has 1 N–H and O–H groups in total. The lowest BCUT2D eigenvalue weighted by molar-refractivity contribution is -0.0711. The Morgan fingerprint density at radius 2 is 1.52 bits per heavy atom. The van der Waals surface area contributed by atoms with E-state index in [9.17, 15) is 4.79 Å². The molecule has 0 aliphatic carbocycles. The third-order valence-electron chi connectivity index (χ3n) is 5.95. The number of hydrogen-bond donors (Lipinski definition) is 1. The molecule has 6 heteroatoms. The molecule has 0 saturated carbocycles. The van der Waals surface area contributed by atoms with Gasteiger partial charge in [0.2, 0.25) is 0 Å². The van der Waals surface area contributed by atoms with Gasteiger partial charge in [-0.3, -0.25) is 0 Å². The third-order valence-corrected chi connectivity index (χ3v) is 11.0. The van der Waals surface area contributed by atoms with E-state index in [4.69, 9.17) is 13.9 Å². The smallest absolute Gasteiger partial charge is 0.407 e. The molecule has 0 radical (unpaired) electrons. The van der Waals surface area contributed by atoms with Crippen LogP contribution in [0.5, 0.6) is 0 Å². The van der Waals surface area contributed by atoms with Crippen molar-refractivity contribution in [1.82, 2.24) is 5.32 Å². The minimum atomic E-state index is -2.73. The van der Waals surface area contributed by atoms with E-state index in [1.54, 1.807) is 0 Å². The fourth-order valence-corrected chi connectivity index (χ4v) is 9.08. The summed E-state index contributed by atoms with van der Waals surface area (Å²) in [5.41, 5.74) is -0.546. The number of carbonyl (C=O) groups is 1. The number of benzene rings is 2. The Bertz CT molecular complexity index is 846. The topological polar surface area (TPSA) is 56.8 Å². The second kappa shape index (κ2) is 10.4. The van der Waals surface area contributed by atoms with Crippen LogP contribution in [-0.4, -0.2) is 45.4 Å². The molecule has 1 fully saturated rings. The van der Waals surface area contributed by atoms with Gasteiger partial charge in [0.1, 0.15) is 5.60 Å². The fraction of sp³-hybridized carbons (Fsp3) is 0.519. The first-order valence-corrected chi connectivity index (χ1v) is 13.8. The van der Waals surface area contributed by atoms with E-state index < -0.39 is 20.0 Å². The molecule has 2 aromatic rings. The fourth-order valence-electron chi connectivity index (χ4n) is 4.39. The van der Waals surface area contributed by atoms with Gasteiger partial charge >= 0.3 is 6.09 Å². The van der Waals surface area contributed by atoms with Crippen LogP contribution >= 0.6 is 0 Å². The van der Waals surface area contributed by atoms with Crippen molar-refractivity contribution in [2.45, 2.75) is 77.2 Å². The molecule has 1 aliphatic heterocycles. The maximum Gasteiger partial charge on any atom is 0.407 e. The lowest BCUT2D eigenvalue weighted by atomic mass is 10.1. The molecule has 3 rings (SSSR count).